The van der Waals surface area contributed by atoms with Crippen molar-refractivity contribution in [2.45, 2.75) is 25.3 Å². The molecule has 1 atom stereocenters. The summed E-state index contributed by atoms with van der Waals surface area (Å²) in [4.78, 5) is 14.7. The summed E-state index contributed by atoms with van der Waals surface area (Å²) in [5.74, 6) is 2.47. The van der Waals surface area contributed by atoms with Crippen LogP contribution in [0.2, 0.25) is 0 Å². The summed E-state index contributed by atoms with van der Waals surface area (Å²) in [5, 5.41) is 3.04. The van der Waals surface area contributed by atoms with Crippen molar-refractivity contribution in [3.05, 3.63) is 53.6 Å². The van der Waals surface area contributed by atoms with Crippen LogP contribution in [0.3, 0.4) is 0 Å². The van der Waals surface area contributed by atoms with Gasteiger partial charge in [-0.15, -0.1) is 0 Å². The monoisotopic (exact) mass is 398 g/mol. The van der Waals surface area contributed by atoms with Gasteiger partial charge in [-0.1, -0.05) is 18.2 Å². The van der Waals surface area contributed by atoms with Gasteiger partial charge in [0.25, 0.3) is 0 Å². The minimum absolute atomic E-state index is 0.0536. The molecule has 6 heteroatoms. The second-order valence-corrected chi connectivity index (χ2v) is 7.18. The molecule has 0 radical (unpaired) electrons. The van der Waals surface area contributed by atoms with E-state index in [2.05, 4.69) is 10.2 Å². The lowest BCUT2D eigenvalue weighted by molar-refractivity contribution is -0.122. The molecule has 1 saturated heterocycles. The smallest absolute Gasteiger partial charge is 0.234 e. The number of benzene rings is 2. The van der Waals surface area contributed by atoms with Crippen LogP contribution in [0.15, 0.2) is 42.5 Å². The maximum absolute atomic E-state index is 12.5. The first kappa shape index (κ1) is 21.0. The van der Waals surface area contributed by atoms with E-state index >= 15 is 0 Å². The summed E-state index contributed by atoms with van der Waals surface area (Å²) in [5.41, 5.74) is 2.28. The predicted molar refractivity (Wildman–Crippen MR) is 113 cm³/mol. The Kier molecular flexibility index (Phi) is 7.36. The second-order valence-electron chi connectivity index (χ2n) is 7.18. The summed E-state index contributed by atoms with van der Waals surface area (Å²) < 4.78 is 16.0. The first-order chi connectivity index (χ1) is 14.1. The molecule has 1 heterocycles. The number of amides is 1. The Morgan fingerprint density at radius 2 is 1.76 bits per heavy atom. The summed E-state index contributed by atoms with van der Waals surface area (Å²) in [6, 6.07) is 14.0. The highest BCUT2D eigenvalue weighted by atomic mass is 16.5. The van der Waals surface area contributed by atoms with Crippen LogP contribution in [0.1, 0.15) is 30.0 Å². The highest BCUT2D eigenvalue weighted by molar-refractivity contribution is 5.78. The molecule has 1 unspecified atom stereocenters. The lowest BCUT2D eigenvalue weighted by atomic mass is 10.0. The molecule has 29 heavy (non-hydrogen) atoms. The average molecular weight is 399 g/mol. The van der Waals surface area contributed by atoms with E-state index < -0.39 is 0 Å². The van der Waals surface area contributed by atoms with E-state index in [0.717, 1.165) is 48.6 Å². The summed E-state index contributed by atoms with van der Waals surface area (Å²) in [6.07, 6.45) is 2.88. The van der Waals surface area contributed by atoms with Crippen LogP contribution in [0, 0.1) is 0 Å². The van der Waals surface area contributed by atoms with Gasteiger partial charge in [0.2, 0.25) is 5.91 Å². The van der Waals surface area contributed by atoms with E-state index in [1.807, 2.05) is 42.5 Å². The van der Waals surface area contributed by atoms with Crippen LogP contribution in [-0.4, -0.2) is 51.8 Å². The van der Waals surface area contributed by atoms with Crippen molar-refractivity contribution < 1.29 is 19.0 Å². The number of carbonyl (C=O) groups is 1. The van der Waals surface area contributed by atoms with Gasteiger partial charge in [-0.05, 0) is 49.6 Å². The first-order valence-electron chi connectivity index (χ1n) is 10.00. The van der Waals surface area contributed by atoms with Crippen molar-refractivity contribution in [1.82, 2.24) is 10.2 Å². The van der Waals surface area contributed by atoms with Crippen LogP contribution >= 0.6 is 0 Å². The minimum atomic E-state index is 0.0536. The fourth-order valence-electron chi connectivity index (χ4n) is 3.84. The number of hydrogen-bond acceptors (Lipinski definition) is 5. The van der Waals surface area contributed by atoms with Crippen molar-refractivity contribution in [3.8, 4) is 17.2 Å². The highest BCUT2D eigenvalue weighted by Crippen LogP contribution is 2.38. The van der Waals surface area contributed by atoms with E-state index in [1.165, 1.54) is 5.56 Å². The van der Waals surface area contributed by atoms with Crippen molar-refractivity contribution in [1.29, 1.82) is 0 Å². The fourth-order valence-corrected chi connectivity index (χ4v) is 3.84. The highest BCUT2D eigenvalue weighted by Gasteiger charge is 2.29. The van der Waals surface area contributed by atoms with Gasteiger partial charge < -0.3 is 19.5 Å². The molecule has 0 aliphatic carbocycles. The third-order valence-electron chi connectivity index (χ3n) is 5.40. The number of hydrogen-bond donors (Lipinski definition) is 1. The van der Waals surface area contributed by atoms with Gasteiger partial charge in [-0.2, -0.15) is 0 Å². The first-order valence-corrected chi connectivity index (χ1v) is 10.00. The molecule has 2 aromatic carbocycles. The third kappa shape index (κ3) is 5.41. The molecule has 0 bridgehead atoms. The van der Waals surface area contributed by atoms with Crippen molar-refractivity contribution in [2.24, 2.45) is 0 Å². The van der Waals surface area contributed by atoms with Crippen molar-refractivity contribution in [3.63, 3.8) is 0 Å². The van der Waals surface area contributed by atoms with Crippen molar-refractivity contribution >= 4 is 5.91 Å². The Hall–Kier alpha value is -2.73. The van der Waals surface area contributed by atoms with Crippen LogP contribution in [0.4, 0.5) is 0 Å². The molecule has 0 spiro atoms. The van der Waals surface area contributed by atoms with Gasteiger partial charge in [0.05, 0.1) is 27.9 Å². The van der Waals surface area contributed by atoms with E-state index in [4.69, 9.17) is 14.2 Å². The Balaban J connectivity index is 1.54. The zero-order chi connectivity index (χ0) is 20.6. The molecule has 1 fully saturated rings. The average Bonchev–Trinajstić information content (AvgIpc) is 3.21. The van der Waals surface area contributed by atoms with E-state index in [-0.39, 0.29) is 11.9 Å². The quantitative estimate of drug-likeness (QED) is 0.703. The molecule has 0 saturated carbocycles. The number of ether oxygens (including phenoxy) is 3. The Morgan fingerprint density at radius 1 is 1.03 bits per heavy atom. The Labute approximate surface area is 172 Å². The van der Waals surface area contributed by atoms with Crippen LogP contribution in [0.5, 0.6) is 17.2 Å². The Morgan fingerprint density at radius 3 is 2.45 bits per heavy atom. The zero-order valence-corrected chi connectivity index (χ0v) is 17.4. The maximum atomic E-state index is 12.5. The maximum Gasteiger partial charge on any atom is 0.234 e. The molecule has 6 nitrogen and oxygen atoms in total. The number of likely N-dealkylation sites (tertiary alicyclic amines) is 1. The predicted octanol–water partition coefficient (Wildman–Crippen LogP) is 3.21. The standard InChI is InChI=1S/C23H30N2O4/c1-27-18-8-6-17(7-9-18)12-13-24-23(26)16-25-14-4-5-21(25)20-11-10-19(28-2)15-22(20)29-3/h6-11,15,21H,4-5,12-14,16H2,1-3H3,(H,24,26). The SMILES string of the molecule is COc1ccc(CCNC(=O)CN2CCCC2c2ccc(OC)cc2OC)cc1. The summed E-state index contributed by atoms with van der Waals surface area (Å²) in [7, 11) is 4.97. The molecule has 1 aliphatic heterocycles. The molecular formula is C23H30N2O4. The second kappa shape index (κ2) is 10.2. The molecule has 156 valence electrons. The number of nitrogens with zero attached hydrogens (tertiary/aromatic N) is 1. The van der Waals surface area contributed by atoms with Gasteiger partial charge in [0.1, 0.15) is 17.2 Å². The van der Waals surface area contributed by atoms with E-state index in [1.54, 1.807) is 21.3 Å². The number of carbonyl (C=O) groups excluding carboxylic acids is 1. The van der Waals surface area contributed by atoms with Crippen molar-refractivity contribution in [2.75, 3.05) is 41.0 Å². The van der Waals surface area contributed by atoms with Gasteiger partial charge in [-0.3, -0.25) is 9.69 Å². The molecule has 0 aromatic heterocycles. The number of nitrogens with one attached hydrogen (secondary N) is 1. The normalized spacial score (nSPS) is 16.4. The third-order valence-corrected chi connectivity index (χ3v) is 5.40. The van der Waals surface area contributed by atoms with Crippen LogP contribution in [-0.2, 0) is 11.2 Å². The molecule has 3 rings (SSSR count). The van der Waals surface area contributed by atoms with Gasteiger partial charge in [0.15, 0.2) is 0 Å². The lowest BCUT2D eigenvalue weighted by Crippen LogP contribution is -2.37. The van der Waals surface area contributed by atoms with Gasteiger partial charge in [-0.25, -0.2) is 0 Å². The van der Waals surface area contributed by atoms with Crippen LogP contribution < -0.4 is 19.5 Å². The molecule has 1 amide bonds. The number of methoxy groups -OCH3 is 3. The zero-order valence-electron chi connectivity index (χ0n) is 17.4. The van der Waals surface area contributed by atoms with Gasteiger partial charge in [0, 0.05) is 24.2 Å². The summed E-state index contributed by atoms with van der Waals surface area (Å²) >= 11 is 0. The molecular weight excluding hydrogens is 368 g/mol. The minimum Gasteiger partial charge on any atom is -0.497 e. The Bertz CT molecular complexity index is 807. The molecule has 2 aromatic rings. The fraction of sp³-hybridized carbons (Fsp3) is 0.435. The van der Waals surface area contributed by atoms with E-state index in [9.17, 15) is 4.79 Å². The van der Waals surface area contributed by atoms with E-state index in [0.29, 0.717) is 13.1 Å². The largest absolute Gasteiger partial charge is 0.497 e. The molecule has 1 N–H and O–H groups in total. The van der Waals surface area contributed by atoms with Crippen LogP contribution in [0.25, 0.3) is 0 Å². The topological polar surface area (TPSA) is 60.0 Å². The number of rotatable bonds is 9. The van der Waals surface area contributed by atoms with Gasteiger partial charge >= 0.3 is 0 Å². The molecule has 1 aliphatic rings. The lowest BCUT2D eigenvalue weighted by Gasteiger charge is -2.26. The summed E-state index contributed by atoms with van der Waals surface area (Å²) in [6.45, 7) is 1.92.